The summed E-state index contributed by atoms with van der Waals surface area (Å²) in [6.45, 7) is 4.26. The van der Waals surface area contributed by atoms with E-state index in [9.17, 15) is 4.79 Å². The number of thiocarbonyl (C=S) groups is 1. The number of aryl methyl sites for hydroxylation is 1. The summed E-state index contributed by atoms with van der Waals surface area (Å²) in [5, 5.41) is 4.94. The van der Waals surface area contributed by atoms with Gasteiger partial charge in [-0.1, -0.05) is 0 Å². The summed E-state index contributed by atoms with van der Waals surface area (Å²) in [5.74, 6) is -0.214. The number of hydrogen-bond acceptors (Lipinski definition) is 4. The maximum atomic E-state index is 12.4. The average molecular weight is 338 g/mol. The Morgan fingerprint density at radius 2 is 2.00 bits per heavy atom. The topological polar surface area (TPSA) is 41.6 Å². The van der Waals surface area contributed by atoms with Crippen molar-refractivity contribution in [2.75, 3.05) is 25.0 Å². The van der Waals surface area contributed by atoms with Crippen LogP contribution < -0.4 is 5.32 Å². The predicted molar refractivity (Wildman–Crippen MR) is 93.9 cm³/mol. The molecular formula is C16H22N2O2S2. The highest BCUT2D eigenvalue weighted by Gasteiger charge is 2.27. The second-order valence-corrected chi connectivity index (χ2v) is 7.25. The molecule has 0 aromatic carbocycles. The first-order chi connectivity index (χ1) is 10.7. The molecule has 4 nitrogen and oxygen atoms in total. The molecule has 1 aliphatic carbocycles. The highest BCUT2D eigenvalue weighted by molar-refractivity contribution is 7.80. The van der Waals surface area contributed by atoms with Crippen molar-refractivity contribution in [2.24, 2.45) is 0 Å². The van der Waals surface area contributed by atoms with Gasteiger partial charge in [-0.25, -0.2) is 4.79 Å². The van der Waals surface area contributed by atoms with Gasteiger partial charge >= 0.3 is 5.97 Å². The van der Waals surface area contributed by atoms with E-state index in [1.54, 1.807) is 11.3 Å². The van der Waals surface area contributed by atoms with Gasteiger partial charge in [-0.3, -0.25) is 0 Å². The molecule has 6 heteroatoms. The number of thiophene rings is 1. The van der Waals surface area contributed by atoms with Gasteiger partial charge in [0.05, 0.1) is 12.2 Å². The third kappa shape index (κ3) is 3.13. The van der Waals surface area contributed by atoms with Crippen molar-refractivity contribution in [3.8, 4) is 0 Å². The SMILES string of the molecule is CCOC(=O)c1c(NC(=S)N2CCCC2)sc2c1CCCC2. The van der Waals surface area contributed by atoms with Crippen LogP contribution >= 0.6 is 23.6 Å². The third-order valence-corrected chi connectivity index (χ3v) is 5.83. The molecule has 0 saturated carbocycles. The Kier molecular flexibility index (Phi) is 4.98. The largest absolute Gasteiger partial charge is 0.462 e. The fraction of sp³-hybridized carbons (Fsp3) is 0.625. The Labute approximate surface area is 140 Å². The van der Waals surface area contributed by atoms with Gasteiger partial charge in [0, 0.05) is 18.0 Å². The van der Waals surface area contributed by atoms with Crippen molar-refractivity contribution in [1.82, 2.24) is 4.90 Å². The second-order valence-electron chi connectivity index (χ2n) is 5.76. The fourth-order valence-corrected chi connectivity index (χ4v) is 4.80. The summed E-state index contributed by atoms with van der Waals surface area (Å²) in [4.78, 5) is 15.9. The summed E-state index contributed by atoms with van der Waals surface area (Å²) in [6.07, 6.45) is 6.75. The van der Waals surface area contributed by atoms with Crippen molar-refractivity contribution >= 4 is 39.6 Å². The Bertz CT molecular complexity index is 577. The standard InChI is InChI=1S/C16H22N2O2S2/c1-2-20-15(19)13-11-7-3-4-8-12(11)22-14(13)17-16(21)18-9-5-6-10-18/h2-10H2,1H3,(H,17,21). The summed E-state index contributed by atoms with van der Waals surface area (Å²) < 4.78 is 5.27. The molecule has 1 aromatic rings. The van der Waals surface area contributed by atoms with Gasteiger partial charge < -0.3 is 15.0 Å². The zero-order valence-corrected chi connectivity index (χ0v) is 14.6. The lowest BCUT2D eigenvalue weighted by atomic mass is 9.95. The molecule has 1 fully saturated rings. The number of likely N-dealkylation sites (tertiary alicyclic amines) is 1. The Balaban J connectivity index is 1.86. The van der Waals surface area contributed by atoms with E-state index in [4.69, 9.17) is 17.0 Å². The second kappa shape index (κ2) is 6.96. The van der Waals surface area contributed by atoms with Crippen LogP contribution in [0.5, 0.6) is 0 Å². The smallest absolute Gasteiger partial charge is 0.341 e. The molecule has 120 valence electrons. The van der Waals surface area contributed by atoms with Crippen LogP contribution in [0.4, 0.5) is 5.00 Å². The number of esters is 1. The molecule has 22 heavy (non-hydrogen) atoms. The number of anilines is 1. The number of carbonyl (C=O) groups excluding carboxylic acids is 1. The fourth-order valence-electron chi connectivity index (χ4n) is 3.17. The average Bonchev–Trinajstić information content (AvgIpc) is 3.14. The molecule has 2 heterocycles. The number of ether oxygens (including phenoxy) is 1. The normalized spacial score (nSPS) is 17.2. The van der Waals surface area contributed by atoms with Gasteiger partial charge in [0.1, 0.15) is 5.00 Å². The molecular weight excluding hydrogens is 316 g/mol. The van der Waals surface area contributed by atoms with Gasteiger partial charge in [-0.2, -0.15) is 0 Å². The first-order valence-electron chi connectivity index (χ1n) is 8.08. The highest BCUT2D eigenvalue weighted by atomic mass is 32.1. The molecule has 0 radical (unpaired) electrons. The quantitative estimate of drug-likeness (QED) is 0.674. The minimum absolute atomic E-state index is 0.214. The van der Waals surface area contributed by atoms with Crippen LogP contribution in [-0.2, 0) is 17.6 Å². The van der Waals surface area contributed by atoms with Crippen molar-refractivity contribution in [3.63, 3.8) is 0 Å². The molecule has 1 aromatic heterocycles. The summed E-state index contributed by atoms with van der Waals surface area (Å²) in [5.41, 5.74) is 1.91. The molecule has 1 N–H and O–H groups in total. The lowest BCUT2D eigenvalue weighted by Gasteiger charge is -2.19. The van der Waals surface area contributed by atoms with Gasteiger partial charge in [0.25, 0.3) is 0 Å². The van der Waals surface area contributed by atoms with Crippen LogP contribution in [0.2, 0.25) is 0 Å². The minimum Gasteiger partial charge on any atom is -0.462 e. The summed E-state index contributed by atoms with van der Waals surface area (Å²) in [6, 6.07) is 0. The number of nitrogens with one attached hydrogen (secondary N) is 1. The highest BCUT2D eigenvalue weighted by Crippen LogP contribution is 2.38. The first kappa shape index (κ1) is 15.7. The van der Waals surface area contributed by atoms with Crippen LogP contribution in [0.25, 0.3) is 0 Å². The molecule has 1 aliphatic heterocycles. The van der Waals surface area contributed by atoms with E-state index in [2.05, 4.69) is 10.2 Å². The van der Waals surface area contributed by atoms with Gasteiger partial charge in [-0.05, 0) is 63.2 Å². The molecule has 2 aliphatic rings. The number of rotatable bonds is 3. The maximum Gasteiger partial charge on any atom is 0.341 e. The van der Waals surface area contributed by atoms with Crippen LogP contribution in [-0.4, -0.2) is 35.7 Å². The zero-order chi connectivity index (χ0) is 15.5. The van der Waals surface area contributed by atoms with Crippen LogP contribution in [0.15, 0.2) is 0 Å². The van der Waals surface area contributed by atoms with E-state index < -0.39 is 0 Å². The zero-order valence-electron chi connectivity index (χ0n) is 12.9. The molecule has 0 spiro atoms. The van der Waals surface area contributed by atoms with Gasteiger partial charge in [-0.15, -0.1) is 11.3 Å². The van der Waals surface area contributed by atoms with Crippen LogP contribution in [0.1, 0.15) is 53.4 Å². The summed E-state index contributed by atoms with van der Waals surface area (Å²) >= 11 is 7.19. The molecule has 1 saturated heterocycles. The van der Waals surface area contributed by atoms with E-state index in [-0.39, 0.29) is 5.97 Å². The van der Waals surface area contributed by atoms with Crippen LogP contribution in [0, 0.1) is 0 Å². The first-order valence-corrected chi connectivity index (χ1v) is 9.30. The Hall–Kier alpha value is -1.14. The van der Waals surface area contributed by atoms with Crippen molar-refractivity contribution in [3.05, 3.63) is 16.0 Å². The number of fused-ring (bicyclic) bond motifs is 1. The van der Waals surface area contributed by atoms with E-state index in [0.717, 1.165) is 48.0 Å². The Morgan fingerprint density at radius 3 is 2.73 bits per heavy atom. The van der Waals surface area contributed by atoms with Gasteiger partial charge in [0.2, 0.25) is 0 Å². The predicted octanol–water partition coefficient (Wildman–Crippen LogP) is 3.60. The van der Waals surface area contributed by atoms with Crippen LogP contribution in [0.3, 0.4) is 0 Å². The van der Waals surface area contributed by atoms with E-state index in [1.165, 1.54) is 29.7 Å². The van der Waals surface area contributed by atoms with E-state index in [0.29, 0.717) is 6.61 Å². The van der Waals surface area contributed by atoms with Crippen molar-refractivity contribution < 1.29 is 9.53 Å². The molecule has 0 amide bonds. The lowest BCUT2D eigenvalue weighted by Crippen LogP contribution is -2.32. The monoisotopic (exact) mass is 338 g/mol. The number of carbonyl (C=O) groups is 1. The lowest BCUT2D eigenvalue weighted by molar-refractivity contribution is 0.0526. The van der Waals surface area contributed by atoms with Crippen molar-refractivity contribution in [2.45, 2.75) is 45.4 Å². The third-order valence-electron chi connectivity index (χ3n) is 4.26. The van der Waals surface area contributed by atoms with Gasteiger partial charge in [0.15, 0.2) is 5.11 Å². The number of hydrogen-bond donors (Lipinski definition) is 1. The van der Waals surface area contributed by atoms with Crippen molar-refractivity contribution in [1.29, 1.82) is 0 Å². The minimum atomic E-state index is -0.214. The van der Waals surface area contributed by atoms with E-state index >= 15 is 0 Å². The summed E-state index contributed by atoms with van der Waals surface area (Å²) in [7, 11) is 0. The maximum absolute atomic E-state index is 12.4. The van der Waals surface area contributed by atoms with E-state index in [1.807, 2.05) is 6.92 Å². The molecule has 3 rings (SSSR count). The molecule has 0 unspecified atom stereocenters. The molecule has 0 atom stereocenters. The molecule has 0 bridgehead atoms. The Morgan fingerprint density at radius 1 is 1.27 bits per heavy atom. The number of nitrogens with zero attached hydrogens (tertiary/aromatic N) is 1.